The van der Waals surface area contributed by atoms with E-state index in [1.54, 1.807) is 30.0 Å². The van der Waals surface area contributed by atoms with Crippen molar-refractivity contribution >= 4 is 22.0 Å². The summed E-state index contributed by atoms with van der Waals surface area (Å²) in [5.41, 5.74) is 2.26. The van der Waals surface area contributed by atoms with Crippen molar-refractivity contribution in [1.82, 2.24) is 9.21 Å². The lowest BCUT2D eigenvalue weighted by atomic mass is 10.2. The molecule has 3 rings (SSSR count). The van der Waals surface area contributed by atoms with Gasteiger partial charge in [-0.2, -0.15) is 4.31 Å². The predicted molar refractivity (Wildman–Crippen MR) is 113 cm³/mol. The van der Waals surface area contributed by atoms with Crippen LogP contribution in [-0.4, -0.2) is 56.8 Å². The summed E-state index contributed by atoms with van der Waals surface area (Å²) in [4.78, 5) is 14.3. The molecule has 1 aliphatic heterocycles. The molecule has 0 atom stereocenters. The molecule has 1 fully saturated rings. The van der Waals surface area contributed by atoms with Crippen molar-refractivity contribution in [2.45, 2.75) is 18.7 Å². The first-order valence-corrected chi connectivity index (χ1v) is 11.0. The molecule has 0 saturated carbocycles. The summed E-state index contributed by atoms with van der Waals surface area (Å²) in [7, 11) is -2.22. The molecule has 160 valence electrons. The smallest absolute Gasteiger partial charge is 0.246 e. The second-order valence-electron chi connectivity index (χ2n) is 7.23. The van der Waals surface area contributed by atoms with E-state index in [-0.39, 0.29) is 24.7 Å². The van der Waals surface area contributed by atoms with E-state index in [1.807, 2.05) is 13.0 Å². The van der Waals surface area contributed by atoms with Gasteiger partial charge in [-0.3, -0.25) is 4.79 Å². The largest absolute Gasteiger partial charge is 0.494 e. The summed E-state index contributed by atoms with van der Waals surface area (Å²) in [6.45, 7) is 4.75. The van der Waals surface area contributed by atoms with Crippen LogP contribution in [0.15, 0.2) is 47.4 Å². The van der Waals surface area contributed by atoms with Crippen LogP contribution >= 0.6 is 0 Å². The fourth-order valence-corrected chi connectivity index (χ4v) is 5.06. The van der Waals surface area contributed by atoms with Crippen LogP contribution in [0.5, 0.6) is 5.75 Å². The number of ether oxygens (including phenoxy) is 1. The Balaban J connectivity index is 1.63. The van der Waals surface area contributed by atoms with E-state index in [9.17, 15) is 17.6 Å². The zero-order valence-corrected chi connectivity index (χ0v) is 18.1. The zero-order chi connectivity index (χ0) is 21.9. The molecule has 0 aliphatic carbocycles. The average molecular weight is 433 g/mol. The van der Waals surface area contributed by atoms with Gasteiger partial charge in [0.25, 0.3) is 0 Å². The summed E-state index contributed by atoms with van der Waals surface area (Å²) in [6, 6.07) is 9.70. The second kappa shape index (κ2) is 8.97. The third-order valence-electron chi connectivity index (χ3n) is 5.09. The van der Waals surface area contributed by atoms with Crippen LogP contribution in [0, 0.1) is 19.7 Å². The van der Waals surface area contributed by atoms with Gasteiger partial charge in [0, 0.05) is 32.3 Å². The van der Waals surface area contributed by atoms with E-state index < -0.39 is 15.8 Å². The molecule has 0 aromatic heterocycles. The molecule has 0 radical (unpaired) electrons. The summed E-state index contributed by atoms with van der Waals surface area (Å²) in [5.74, 6) is -0.605. The van der Waals surface area contributed by atoms with Crippen molar-refractivity contribution < 1.29 is 22.3 Å². The highest BCUT2D eigenvalue weighted by molar-refractivity contribution is 7.89. The molecule has 0 bridgehead atoms. The molecule has 0 unspecified atom stereocenters. The summed E-state index contributed by atoms with van der Waals surface area (Å²) >= 11 is 0. The van der Waals surface area contributed by atoms with Gasteiger partial charge in [-0.05, 0) is 49.2 Å². The number of carbonyl (C=O) groups excluding carboxylic acids is 1. The zero-order valence-electron chi connectivity index (χ0n) is 17.3. The average Bonchev–Trinajstić information content (AvgIpc) is 2.72. The Bertz CT molecular complexity index is 1070. The summed E-state index contributed by atoms with van der Waals surface area (Å²) < 4.78 is 46.0. The number of methoxy groups -OCH3 is 1. The lowest BCUT2D eigenvalue weighted by molar-refractivity contribution is -0.127. The second-order valence-corrected chi connectivity index (χ2v) is 9.13. The van der Waals surface area contributed by atoms with Crippen LogP contribution in [0.2, 0.25) is 0 Å². The van der Waals surface area contributed by atoms with Crippen LogP contribution in [0.4, 0.5) is 4.39 Å². The molecular formula is C22H25FN2O4S. The molecule has 0 spiro atoms. The Hall–Kier alpha value is -2.71. The maximum atomic E-state index is 13.8. The van der Waals surface area contributed by atoms with Crippen molar-refractivity contribution in [3.05, 3.63) is 65.0 Å². The number of nitrogens with zero attached hydrogens (tertiary/aromatic N) is 2. The number of amides is 1. The molecule has 2 aromatic rings. The fraction of sp³-hybridized carbons (Fsp3) is 0.318. The van der Waals surface area contributed by atoms with Crippen LogP contribution < -0.4 is 4.74 Å². The SMILES string of the molecule is COc1ccc(/C=C/C(=O)N2CCN(S(=O)(=O)c3ccc(C)cc3C)CC2)cc1F. The van der Waals surface area contributed by atoms with Crippen molar-refractivity contribution in [2.24, 2.45) is 0 Å². The number of benzene rings is 2. The number of hydrogen-bond donors (Lipinski definition) is 0. The van der Waals surface area contributed by atoms with E-state index >= 15 is 0 Å². The number of carbonyl (C=O) groups is 1. The number of hydrogen-bond acceptors (Lipinski definition) is 4. The lowest BCUT2D eigenvalue weighted by Crippen LogP contribution is -2.50. The number of halogens is 1. The van der Waals surface area contributed by atoms with Crippen molar-refractivity contribution in [1.29, 1.82) is 0 Å². The van der Waals surface area contributed by atoms with E-state index in [4.69, 9.17) is 4.74 Å². The Morgan fingerprint density at radius 2 is 1.77 bits per heavy atom. The summed E-state index contributed by atoms with van der Waals surface area (Å²) in [5, 5.41) is 0. The standard InChI is InChI=1S/C22H25FN2O4S/c1-16-4-8-21(17(2)14-16)30(27,28)25-12-10-24(11-13-25)22(26)9-6-18-5-7-20(29-3)19(23)15-18/h4-9,14-15H,10-13H2,1-3H3/b9-6+. The molecule has 6 nitrogen and oxygen atoms in total. The lowest BCUT2D eigenvalue weighted by Gasteiger charge is -2.33. The van der Waals surface area contributed by atoms with Gasteiger partial charge in [0.15, 0.2) is 11.6 Å². The van der Waals surface area contributed by atoms with Gasteiger partial charge in [0.2, 0.25) is 15.9 Å². The normalized spacial score (nSPS) is 15.5. The Morgan fingerprint density at radius 3 is 2.37 bits per heavy atom. The molecule has 1 aliphatic rings. The molecule has 1 amide bonds. The first-order valence-electron chi connectivity index (χ1n) is 9.60. The fourth-order valence-electron chi connectivity index (χ4n) is 3.44. The molecule has 2 aromatic carbocycles. The highest BCUT2D eigenvalue weighted by Crippen LogP contribution is 2.22. The Labute approximate surface area is 176 Å². The molecule has 1 saturated heterocycles. The van der Waals surface area contributed by atoms with Gasteiger partial charge in [-0.25, -0.2) is 12.8 Å². The van der Waals surface area contributed by atoms with Crippen LogP contribution in [0.3, 0.4) is 0 Å². The Kier molecular flexibility index (Phi) is 6.58. The maximum Gasteiger partial charge on any atom is 0.246 e. The quantitative estimate of drug-likeness (QED) is 0.682. The first kappa shape index (κ1) is 22.0. The highest BCUT2D eigenvalue weighted by atomic mass is 32.2. The first-order chi connectivity index (χ1) is 14.2. The van der Waals surface area contributed by atoms with Crippen LogP contribution in [-0.2, 0) is 14.8 Å². The predicted octanol–water partition coefficient (Wildman–Crippen LogP) is 3.00. The van der Waals surface area contributed by atoms with Crippen molar-refractivity contribution in [3.63, 3.8) is 0 Å². The van der Waals surface area contributed by atoms with Gasteiger partial charge in [-0.1, -0.05) is 23.8 Å². The van der Waals surface area contributed by atoms with Gasteiger partial charge < -0.3 is 9.64 Å². The van der Waals surface area contributed by atoms with Gasteiger partial charge >= 0.3 is 0 Å². The number of aryl methyl sites for hydroxylation is 2. The van der Waals surface area contributed by atoms with E-state index in [0.29, 0.717) is 29.1 Å². The Morgan fingerprint density at radius 1 is 1.07 bits per heavy atom. The third-order valence-corrected chi connectivity index (χ3v) is 7.15. The van der Waals surface area contributed by atoms with Crippen molar-refractivity contribution in [3.8, 4) is 5.75 Å². The molecule has 1 heterocycles. The van der Waals surface area contributed by atoms with E-state index in [2.05, 4.69) is 0 Å². The van der Waals surface area contributed by atoms with Crippen LogP contribution in [0.1, 0.15) is 16.7 Å². The maximum absolute atomic E-state index is 13.8. The van der Waals surface area contributed by atoms with Crippen molar-refractivity contribution in [2.75, 3.05) is 33.3 Å². The number of rotatable bonds is 5. The van der Waals surface area contributed by atoms with Gasteiger partial charge in [-0.15, -0.1) is 0 Å². The number of piperazine rings is 1. The molecular weight excluding hydrogens is 407 g/mol. The molecule has 0 N–H and O–H groups in total. The third kappa shape index (κ3) is 4.71. The van der Waals surface area contributed by atoms with E-state index in [1.165, 1.54) is 35.7 Å². The minimum Gasteiger partial charge on any atom is -0.494 e. The molecule has 30 heavy (non-hydrogen) atoms. The highest BCUT2D eigenvalue weighted by Gasteiger charge is 2.30. The van der Waals surface area contributed by atoms with Gasteiger partial charge in [0.1, 0.15) is 0 Å². The minimum atomic E-state index is -3.60. The van der Waals surface area contributed by atoms with Gasteiger partial charge in [0.05, 0.1) is 12.0 Å². The number of sulfonamides is 1. The summed E-state index contributed by atoms with van der Waals surface area (Å²) in [6.07, 6.45) is 2.90. The monoisotopic (exact) mass is 432 g/mol. The van der Waals surface area contributed by atoms with E-state index in [0.717, 1.165) is 5.56 Å². The van der Waals surface area contributed by atoms with Crippen LogP contribution in [0.25, 0.3) is 6.08 Å². The molecule has 8 heteroatoms. The minimum absolute atomic E-state index is 0.139. The topological polar surface area (TPSA) is 66.9 Å².